The maximum Gasteiger partial charge on any atom is 0.290 e. The number of aryl methyl sites for hydroxylation is 2. The molecule has 0 radical (unpaired) electrons. The number of thiazole rings is 1. The molecule has 3 heterocycles. The lowest BCUT2D eigenvalue weighted by Gasteiger charge is -2.29. The molecule has 2 aliphatic rings. The van der Waals surface area contributed by atoms with Gasteiger partial charge in [-0.2, -0.15) is 0 Å². The number of likely N-dealkylation sites (tertiary alicyclic amines) is 1. The van der Waals surface area contributed by atoms with Crippen LogP contribution in [0.4, 0.5) is 0 Å². The van der Waals surface area contributed by atoms with Crippen molar-refractivity contribution in [2.45, 2.75) is 52.5 Å². The molecule has 7 heteroatoms. The Hall–Kier alpha value is -2.51. The third-order valence-corrected chi connectivity index (χ3v) is 7.50. The van der Waals surface area contributed by atoms with Gasteiger partial charge in [-0.05, 0) is 56.8 Å². The van der Waals surface area contributed by atoms with Crippen molar-refractivity contribution in [1.29, 1.82) is 0 Å². The lowest BCUT2D eigenvalue weighted by Crippen LogP contribution is -2.37. The molecule has 2 aromatic rings. The second-order valence-electron chi connectivity index (χ2n) is 9.01. The summed E-state index contributed by atoms with van der Waals surface area (Å²) in [7, 11) is 0. The predicted molar refractivity (Wildman–Crippen MR) is 126 cm³/mol. The normalized spacial score (nSPS) is 19.6. The predicted octanol–water partition coefficient (Wildman–Crippen LogP) is 4.56. The van der Waals surface area contributed by atoms with Crippen molar-refractivity contribution < 1.29 is 14.7 Å². The first-order valence-corrected chi connectivity index (χ1v) is 12.1. The van der Waals surface area contributed by atoms with E-state index in [4.69, 9.17) is 0 Å². The Morgan fingerprint density at radius 2 is 1.81 bits per heavy atom. The lowest BCUT2D eigenvalue weighted by atomic mass is 9.93. The van der Waals surface area contributed by atoms with E-state index in [1.807, 2.05) is 31.2 Å². The van der Waals surface area contributed by atoms with Gasteiger partial charge in [-0.1, -0.05) is 38.1 Å². The summed E-state index contributed by atoms with van der Waals surface area (Å²) in [6.45, 7) is 11.2. The lowest BCUT2D eigenvalue weighted by molar-refractivity contribution is -0.129. The monoisotopic (exact) mass is 453 g/mol. The molecule has 1 aromatic carbocycles. The Labute approximate surface area is 193 Å². The number of aromatic nitrogens is 1. The molecule has 6 nitrogen and oxygen atoms in total. The van der Waals surface area contributed by atoms with E-state index in [0.29, 0.717) is 23.0 Å². The molecule has 1 saturated heterocycles. The first-order valence-electron chi connectivity index (χ1n) is 11.3. The highest BCUT2D eigenvalue weighted by Gasteiger charge is 2.44. The molecule has 32 heavy (non-hydrogen) atoms. The van der Waals surface area contributed by atoms with Gasteiger partial charge in [0.2, 0.25) is 5.78 Å². The molecular formula is C25H31N3O3S. The summed E-state index contributed by atoms with van der Waals surface area (Å²) in [5, 5.41) is 11.7. The molecule has 2 aliphatic heterocycles. The first-order chi connectivity index (χ1) is 15.3. The minimum absolute atomic E-state index is 0.167. The zero-order chi connectivity index (χ0) is 23.0. The number of carbonyl (C=O) groups excluding carboxylic acids is 2. The second-order valence-corrected chi connectivity index (χ2v) is 10.2. The zero-order valence-corrected chi connectivity index (χ0v) is 20.0. The summed E-state index contributed by atoms with van der Waals surface area (Å²) in [4.78, 5) is 35.6. The molecular weight excluding hydrogens is 422 g/mol. The van der Waals surface area contributed by atoms with E-state index in [9.17, 15) is 14.7 Å². The third-order valence-electron chi connectivity index (χ3n) is 6.43. The molecule has 170 valence electrons. The van der Waals surface area contributed by atoms with Crippen LogP contribution in [-0.2, 0) is 4.79 Å². The van der Waals surface area contributed by atoms with Gasteiger partial charge in [-0.25, -0.2) is 4.98 Å². The van der Waals surface area contributed by atoms with Crippen molar-refractivity contribution >= 4 is 23.0 Å². The molecule has 1 N–H and O–H groups in total. The third kappa shape index (κ3) is 4.24. The van der Waals surface area contributed by atoms with Crippen molar-refractivity contribution in [1.82, 2.24) is 14.8 Å². The van der Waals surface area contributed by atoms with Gasteiger partial charge in [0.05, 0.1) is 27.2 Å². The summed E-state index contributed by atoms with van der Waals surface area (Å²) in [6.07, 6.45) is 2.34. The quantitative estimate of drug-likeness (QED) is 0.622. The summed E-state index contributed by atoms with van der Waals surface area (Å²) in [5.41, 5.74) is 2.84. The van der Waals surface area contributed by atoms with Gasteiger partial charge in [0.1, 0.15) is 0 Å². The number of aliphatic hydroxyl groups excluding tert-OH is 1. The number of ketones is 1. The maximum absolute atomic E-state index is 13.6. The van der Waals surface area contributed by atoms with E-state index in [1.165, 1.54) is 29.7 Å². The van der Waals surface area contributed by atoms with Gasteiger partial charge in [-0.3, -0.25) is 9.59 Å². The Balaban J connectivity index is 1.72. The van der Waals surface area contributed by atoms with Crippen molar-refractivity contribution in [2.75, 3.05) is 26.2 Å². The molecule has 1 fully saturated rings. The van der Waals surface area contributed by atoms with Crippen LogP contribution in [0.25, 0.3) is 0 Å². The number of aliphatic hydroxyl groups is 1. The van der Waals surface area contributed by atoms with Crippen LogP contribution in [0.5, 0.6) is 0 Å². The Bertz CT molecular complexity index is 1050. The van der Waals surface area contributed by atoms with Crippen molar-refractivity contribution in [2.24, 2.45) is 0 Å². The fourth-order valence-electron chi connectivity index (χ4n) is 4.65. The van der Waals surface area contributed by atoms with Crippen LogP contribution >= 0.6 is 11.3 Å². The number of amides is 1. The van der Waals surface area contributed by atoms with E-state index in [2.05, 4.69) is 23.7 Å². The number of Topliss-reactive ketones (excluding diaryl/α,β-unsaturated/α-hetero) is 1. The van der Waals surface area contributed by atoms with Crippen LogP contribution in [0.2, 0.25) is 0 Å². The Morgan fingerprint density at radius 3 is 2.38 bits per heavy atom. The molecule has 0 aliphatic carbocycles. The highest BCUT2D eigenvalue weighted by Crippen LogP contribution is 2.40. The first kappa shape index (κ1) is 22.7. The SMILES string of the molecule is Cc1nc(C)c(C(=O)C2=C(O)C(=O)N(CCN3CCCC3)C2c2ccc(C(C)C)cc2)s1. The molecule has 0 spiro atoms. The maximum atomic E-state index is 13.6. The smallest absolute Gasteiger partial charge is 0.290 e. The second kappa shape index (κ2) is 9.16. The van der Waals surface area contributed by atoms with Crippen molar-refractivity contribution in [3.8, 4) is 0 Å². The standard InChI is InChI=1S/C25H31N3O3S/c1-15(2)18-7-9-19(10-8-18)21-20(22(29)24-16(3)26-17(4)32-24)23(30)25(31)28(21)14-13-27-11-5-6-12-27/h7-10,15,21,30H,5-6,11-14H2,1-4H3. The van der Waals surface area contributed by atoms with Gasteiger partial charge < -0.3 is 14.9 Å². The molecule has 1 amide bonds. The summed E-state index contributed by atoms with van der Waals surface area (Å²) >= 11 is 1.31. The van der Waals surface area contributed by atoms with Crippen LogP contribution in [0.3, 0.4) is 0 Å². The average molecular weight is 454 g/mol. The van der Waals surface area contributed by atoms with Crippen LogP contribution in [0.1, 0.15) is 70.1 Å². The molecule has 1 aromatic heterocycles. The topological polar surface area (TPSA) is 73.7 Å². The van der Waals surface area contributed by atoms with Crippen LogP contribution < -0.4 is 0 Å². The van der Waals surface area contributed by atoms with E-state index < -0.39 is 17.7 Å². The van der Waals surface area contributed by atoms with Crippen LogP contribution in [0.15, 0.2) is 35.6 Å². The largest absolute Gasteiger partial charge is 0.503 e. The number of carbonyl (C=O) groups is 2. The summed E-state index contributed by atoms with van der Waals surface area (Å²) in [6, 6.07) is 7.45. The van der Waals surface area contributed by atoms with E-state index in [0.717, 1.165) is 30.2 Å². The number of hydrogen-bond acceptors (Lipinski definition) is 6. The van der Waals surface area contributed by atoms with Crippen LogP contribution in [-0.4, -0.2) is 57.8 Å². The summed E-state index contributed by atoms with van der Waals surface area (Å²) in [5.74, 6) is -0.821. The average Bonchev–Trinajstić information content (AvgIpc) is 3.46. The molecule has 1 unspecified atom stereocenters. The van der Waals surface area contributed by atoms with Gasteiger partial charge in [0, 0.05) is 13.1 Å². The van der Waals surface area contributed by atoms with Gasteiger partial charge in [-0.15, -0.1) is 11.3 Å². The van der Waals surface area contributed by atoms with E-state index in [-0.39, 0.29) is 11.4 Å². The minimum Gasteiger partial charge on any atom is -0.503 e. The van der Waals surface area contributed by atoms with E-state index >= 15 is 0 Å². The van der Waals surface area contributed by atoms with Gasteiger partial charge in [0.15, 0.2) is 5.76 Å². The number of hydrogen-bond donors (Lipinski definition) is 1. The van der Waals surface area contributed by atoms with Crippen molar-refractivity contribution in [3.63, 3.8) is 0 Å². The van der Waals surface area contributed by atoms with Crippen LogP contribution in [0, 0.1) is 13.8 Å². The Kier molecular flexibility index (Phi) is 6.49. The molecule has 4 rings (SSSR count). The molecule has 0 saturated carbocycles. The molecule has 0 bridgehead atoms. The zero-order valence-electron chi connectivity index (χ0n) is 19.2. The molecule has 1 atom stereocenters. The fourth-order valence-corrected chi connectivity index (χ4v) is 5.52. The highest BCUT2D eigenvalue weighted by molar-refractivity contribution is 7.14. The number of benzene rings is 1. The van der Waals surface area contributed by atoms with Gasteiger partial charge in [0.25, 0.3) is 5.91 Å². The number of rotatable bonds is 7. The summed E-state index contributed by atoms with van der Waals surface area (Å²) < 4.78 is 0. The van der Waals surface area contributed by atoms with E-state index in [1.54, 1.807) is 11.8 Å². The fraction of sp³-hybridized carbons (Fsp3) is 0.480. The minimum atomic E-state index is -0.597. The number of nitrogens with zero attached hydrogens (tertiary/aromatic N) is 3. The van der Waals surface area contributed by atoms with Crippen molar-refractivity contribution in [3.05, 3.63) is 62.3 Å². The highest BCUT2D eigenvalue weighted by atomic mass is 32.1. The Morgan fingerprint density at radius 1 is 1.16 bits per heavy atom. The van der Waals surface area contributed by atoms with Gasteiger partial charge >= 0.3 is 0 Å².